The smallest absolute Gasteiger partial charge is 0.276 e. The lowest BCUT2D eigenvalue weighted by molar-refractivity contribution is -0.386. The van der Waals surface area contributed by atoms with Crippen LogP contribution < -0.4 is 0 Å². The van der Waals surface area contributed by atoms with Crippen LogP contribution in [0.4, 0.5) is 5.69 Å². The molecule has 1 aromatic rings. The molecule has 0 radical (unpaired) electrons. The zero-order valence-corrected chi connectivity index (χ0v) is 9.35. The average molecular weight is 276 g/mol. The van der Waals surface area contributed by atoms with Crippen molar-refractivity contribution in [1.29, 1.82) is 0 Å². The van der Waals surface area contributed by atoms with Crippen molar-refractivity contribution in [2.24, 2.45) is 0 Å². The summed E-state index contributed by atoms with van der Waals surface area (Å²) in [7, 11) is 0. The first-order valence-electron chi connectivity index (χ1n) is 4.29. The van der Waals surface area contributed by atoms with Crippen LogP contribution in [0.25, 0.3) is 0 Å². The Kier molecular flexibility index (Phi) is 4.19. The number of halogens is 1. The van der Waals surface area contributed by atoms with E-state index in [1.807, 2.05) is 0 Å². The average Bonchev–Trinajstić information content (AvgIpc) is 2.17. The fraction of sp³-hybridized carbons (Fsp3) is 0.333. The molecule has 0 spiro atoms. The van der Waals surface area contributed by atoms with Crippen LogP contribution in [0.15, 0.2) is 22.7 Å². The molecule has 5 nitrogen and oxygen atoms in total. The summed E-state index contributed by atoms with van der Waals surface area (Å²) in [5.41, 5.74) is 0.0718. The van der Waals surface area contributed by atoms with E-state index in [1.54, 1.807) is 6.07 Å². The highest BCUT2D eigenvalue weighted by Gasteiger charge is 2.20. The van der Waals surface area contributed by atoms with Gasteiger partial charge in [-0.15, -0.1) is 0 Å². The quantitative estimate of drug-likeness (QED) is 0.648. The largest absolute Gasteiger partial charge is 0.396 e. The van der Waals surface area contributed by atoms with E-state index >= 15 is 0 Å². The molecule has 0 amide bonds. The molecule has 0 aliphatic carbocycles. The number of aliphatic hydroxyl groups is 2. The highest BCUT2D eigenvalue weighted by atomic mass is 79.9. The third-order valence-electron chi connectivity index (χ3n) is 1.95. The van der Waals surface area contributed by atoms with Crippen LogP contribution >= 0.6 is 15.9 Å². The van der Waals surface area contributed by atoms with Gasteiger partial charge in [0.1, 0.15) is 0 Å². The van der Waals surface area contributed by atoms with Crippen LogP contribution in [0, 0.1) is 10.1 Å². The predicted molar refractivity (Wildman–Crippen MR) is 57.5 cm³/mol. The number of nitrogens with zero attached hydrogens (tertiary/aromatic N) is 1. The molecule has 82 valence electrons. The number of hydrogen-bond acceptors (Lipinski definition) is 4. The van der Waals surface area contributed by atoms with Crippen molar-refractivity contribution < 1.29 is 15.1 Å². The topological polar surface area (TPSA) is 83.6 Å². The maximum atomic E-state index is 10.7. The van der Waals surface area contributed by atoms with Crippen molar-refractivity contribution in [3.8, 4) is 0 Å². The van der Waals surface area contributed by atoms with Gasteiger partial charge in [-0.3, -0.25) is 10.1 Å². The molecule has 6 heteroatoms. The Bertz CT molecular complexity index is 369. The van der Waals surface area contributed by atoms with Crippen molar-refractivity contribution >= 4 is 21.6 Å². The number of nitro groups is 1. The summed E-state index contributed by atoms with van der Waals surface area (Å²) in [4.78, 5) is 10.1. The lowest BCUT2D eigenvalue weighted by atomic mass is 10.1. The van der Waals surface area contributed by atoms with Crippen LogP contribution in [-0.4, -0.2) is 21.7 Å². The summed E-state index contributed by atoms with van der Waals surface area (Å²) < 4.78 is 0.578. The Morgan fingerprint density at radius 1 is 1.53 bits per heavy atom. The van der Waals surface area contributed by atoms with Crippen LogP contribution in [0.3, 0.4) is 0 Å². The van der Waals surface area contributed by atoms with Crippen LogP contribution in [0.2, 0.25) is 0 Å². The highest BCUT2D eigenvalue weighted by molar-refractivity contribution is 9.10. The first-order valence-corrected chi connectivity index (χ1v) is 5.08. The zero-order chi connectivity index (χ0) is 11.4. The Morgan fingerprint density at radius 3 is 2.73 bits per heavy atom. The highest BCUT2D eigenvalue weighted by Crippen LogP contribution is 2.29. The molecule has 0 saturated heterocycles. The molecule has 1 atom stereocenters. The molecule has 2 N–H and O–H groups in total. The molecular weight excluding hydrogens is 266 g/mol. The monoisotopic (exact) mass is 275 g/mol. The number of rotatable bonds is 4. The Hall–Kier alpha value is -0.980. The predicted octanol–water partition coefficient (Wildman–Crippen LogP) is 1.77. The van der Waals surface area contributed by atoms with Gasteiger partial charge in [-0.25, -0.2) is 0 Å². The summed E-state index contributed by atoms with van der Waals surface area (Å²) in [5, 5.41) is 28.9. The van der Waals surface area contributed by atoms with E-state index in [9.17, 15) is 15.2 Å². The molecule has 1 unspecified atom stereocenters. The van der Waals surface area contributed by atoms with Crippen molar-refractivity contribution in [2.75, 3.05) is 6.61 Å². The van der Waals surface area contributed by atoms with Gasteiger partial charge in [0.15, 0.2) is 0 Å². The SMILES string of the molecule is O=[N+]([O-])c1cc(Br)ccc1C(O)CCO. The lowest BCUT2D eigenvalue weighted by Gasteiger charge is -2.09. The second-order valence-electron chi connectivity index (χ2n) is 2.99. The van der Waals surface area contributed by atoms with Gasteiger partial charge >= 0.3 is 0 Å². The van der Waals surface area contributed by atoms with Crippen LogP contribution in [-0.2, 0) is 0 Å². The molecule has 0 bridgehead atoms. The van der Waals surface area contributed by atoms with E-state index in [2.05, 4.69) is 15.9 Å². The standard InChI is InChI=1S/C9H10BrNO4/c10-6-1-2-7(9(13)3-4-12)8(5-6)11(14)15/h1-2,5,9,12-13H,3-4H2. The second-order valence-corrected chi connectivity index (χ2v) is 3.90. The van der Waals surface area contributed by atoms with Crippen molar-refractivity contribution in [3.63, 3.8) is 0 Å². The number of aliphatic hydroxyl groups excluding tert-OH is 2. The molecule has 1 aromatic carbocycles. The second kappa shape index (κ2) is 5.20. The van der Waals surface area contributed by atoms with Gasteiger partial charge in [-0.1, -0.05) is 15.9 Å². The van der Waals surface area contributed by atoms with E-state index in [4.69, 9.17) is 5.11 Å². The Labute approximate surface area is 94.6 Å². The summed E-state index contributed by atoms with van der Waals surface area (Å²) >= 11 is 3.12. The summed E-state index contributed by atoms with van der Waals surface area (Å²) in [5.74, 6) is 0. The fourth-order valence-electron chi connectivity index (χ4n) is 1.23. The third kappa shape index (κ3) is 2.98. The molecule has 0 fully saturated rings. The lowest BCUT2D eigenvalue weighted by Crippen LogP contribution is -2.04. The first-order chi connectivity index (χ1) is 7.06. The maximum Gasteiger partial charge on any atom is 0.276 e. The molecule has 0 heterocycles. The van der Waals surface area contributed by atoms with Gasteiger partial charge < -0.3 is 10.2 Å². The van der Waals surface area contributed by atoms with Gasteiger partial charge in [-0.05, 0) is 12.1 Å². The van der Waals surface area contributed by atoms with Gasteiger partial charge in [-0.2, -0.15) is 0 Å². The van der Waals surface area contributed by atoms with Gasteiger partial charge in [0.25, 0.3) is 5.69 Å². The third-order valence-corrected chi connectivity index (χ3v) is 2.44. The zero-order valence-electron chi connectivity index (χ0n) is 7.76. The van der Waals surface area contributed by atoms with Crippen molar-refractivity contribution in [2.45, 2.75) is 12.5 Å². The molecule has 1 rings (SSSR count). The molecule has 0 saturated carbocycles. The molecule has 0 aliphatic rings. The number of benzene rings is 1. The van der Waals surface area contributed by atoms with E-state index in [0.29, 0.717) is 4.47 Å². The van der Waals surface area contributed by atoms with Crippen LogP contribution in [0.5, 0.6) is 0 Å². The van der Waals surface area contributed by atoms with Crippen LogP contribution in [0.1, 0.15) is 18.1 Å². The molecular formula is C9H10BrNO4. The summed E-state index contributed by atoms with van der Waals surface area (Å²) in [6, 6.07) is 4.42. The van der Waals surface area contributed by atoms with E-state index in [0.717, 1.165) is 0 Å². The molecule has 15 heavy (non-hydrogen) atoms. The summed E-state index contributed by atoms with van der Waals surface area (Å²) in [6.07, 6.45) is -0.925. The Balaban J connectivity index is 3.10. The van der Waals surface area contributed by atoms with Crippen molar-refractivity contribution in [1.82, 2.24) is 0 Å². The summed E-state index contributed by atoms with van der Waals surface area (Å²) in [6.45, 7) is -0.214. The number of nitro benzene ring substituents is 1. The van der Waals surface area contributed by atoms with Crippen molar-refractivity contribution in [3.05, 3.63) is 38.3 Å². The molecule has 0 aliphatic heterocycles. The minimum atomic E-state index is -1.01. The maximum absolute atomic E-state index is 10.7. The minimum absolute atomic E-state index is 0.0858. The molecule has 0 aromatic heterocycles. The van der Waals surface area contributed by atoms with Gasteiger partial charge in [0.05, 0.1) is 16.6 Å². The van der Waals surface area contributed by atoms with E-state index < -0.39 is 11.0 Å². The minimum Gasteiger partial charge on any atom is -0.396 e. The normalized spacial score (nSPS) is 12.5. The van der Waals surface area contributed by atoms with Gasteiger partial charge in [0.2, 0.25) is 0 Å². The fourth-order valence-corrected chi connectivity index (χ4v) is 1.58. The first kappa shape index (κ1) is 12.1. The van der Waals surface area contributed by atoms with Gasteiger partial charge in [0, 0.05) is 23.6 Å². The number of hydrogen-bond donors (Lipinski definition) is 2. The Morgan fingerprint density at radius 2 is 2.20 bits per heavy atom. The van der Waals surface area contributed by atoms with E-state index in [-0.39, 0.29) is 24.3 Å². The van der Waals surface area contributed by atoms with E-state index in [1.165, 1.54) is 12.1 Å².